The van der Waals surface area contributed by atoms with Gasteiger partial charge in [-0.25, -0.2) is 0 Å². The zero-order valence-electron chi connectivity index (χ0n) is 14.5. The summed E-state index contributed by atoms with van der Waals surface area (Å²) >= 11 is 0. The maximum atomic E-state index is 12.2. The van der Waals surface area contributed by atoms with Crippen molar-refractivity contribution in [1.82, 2.24) is 14.3 Å². The molecule has 0 aliphatic carbocycles. The summed E-state index contributed by atoms with van der Waals surface area (Å²) in [7, 11) is -1.71. The number of nitrogens with one attached hydrogen (secondary N) is 2. The summed E-state index contributed by atoms with van der Waals surface area (Å²) < 4.78 is 28.5. The lowest BCUT2D eigenvalue weighted by Gasteiger charge is -2.21. The summed E-state index contributed by atoms with van der Waals surface area (Å²) in [4.78, 5) is 0. The highest BCUT2D eigenvalue weighted by atomic mass is 32.2. The van der Waals surface area contributed by atoms with Crippen LogP contribution in [0.25, 0.3) is 0 Å². The fraction of sp³-hybridized carbons (Fsp3) is 1.00. The highest BCUT2D eigenvalue weighted by Gasteiger charge is 2.19. The Kier molecular flexibility index (Phi) is 11.3. The Morgan fingerprint density at radius 2 is 1.71 bits per heavy atom. The van der Waals surface area contributed by atoms with Crippen molar-refractivity contribution < 1.29 is 8.42 Å². The molecule has 5 nitrogen and oxygen atoms in total. The molecule has 0 saturated heterocycles. The van der Waals surface area contributed by atoms with Crippen molar-refractivity contribution in [1.29, 1.82) is 0 Å². The standard InChI is InChI=1S/C15H35N3O2S/c1-6-11-16-12-8-13-18(5)21(19,20)17-15(4)10-7-9-14(2)3/h14-17H,6-13H2,1-5H3. The highest BCUT2D eigenvalue weighted by Crippen LogP contribution is 2.09. The van der Waals surface area contributed by atoms with Crippen LogP contribution in [0, 0.1) is 5.92 Å². The van der Waals surface area contributed by atoms with Gasteiger partial charge in [0, 0.05) is 19.6 Å². The third-order valence-electron chi connectivity index (χ3n) is 3.43. The van der Waals surface area contributed by atoms with Gasteiger partial charge in [0.2, 0.25) is 0 Å². The Morgan fingerprint density at radius 1 is 1.05 bits per heavy atom. The topological polar surface area (TPSA) is 61.4 Å². The summed E-state index contributed by atoms with van der Waals surface area (Å²) in [6.45, 7) is 10.8. The van der Waals surface area contributed by atoms with Crippen LogP contribution in [0.5, 0.6) is 0 Å². The molecule has 0 aromatic rings. The molecule has 0 aliphatic heterocycles. The van der Waals surface area contributed by atoms with Gasteiger partial charge in [-0.1, -0.05) is 33.6 Å². The lowest BCUT2D eigenvalue weighted by Crippen LogP contribution is -2.43. The van der Waals surface area contributed by atoms with Crippen molar-refractivity contribution >= 4 is 10.2 Å². The van der Waals surface area contributed by atoms with Crippen LogP contribution in [-0.4, -0.2) is 45.4 Å². The molecule has 0 heterocycles. The van der Waals surface area contributed by atoms with Crippen molar-refractivity contribution in [3.63, 3.8) is 0 Å². The van der Waals surface area contributed by atoms with E-state index in [2.05, 4.69) is 30.8 Å². The Labute approximate surface area is 132 Å². The van der Waals surface area contributed by atoms with Gasteiger partial charge in [0.25, 0.3) is 10.2 Å². The molecule has 6 heteroatoms. The second-order valence-electron chi connectivity index (χ2n) is 6.27. The third kappa shape index (κ3) is 11.1. The number of hydrogen-bond acceptors (Lipinski definition) is 3. The van der Waals surface area contributed by atoms with E-state index in [-0.39, 0.29) is 6.04 Å². The van der Waals surface area contributed by atoms with E-state index in [0.29, 0.717) is 12.5 Å². The fourth-order valence-electron chi connectivity index (χ4n) is 2.08. The monoisotopic (exact) mass is 321 g/mol. The molecule has 0 aliphatic rings. The molecule has 0 aromatic heterocycles. The summed E-state index contributed by atoms with van der Waals surface area (Å²) in [6.07, 6.45) is 5.03. The van der Waals surface area contributed by atoms with Crippen LogP contribution < -0.4 is 10.0 Å². The predicted molar refractivity (Wildman–Crippen MR) is 90.6 cm³/mol. The van der Waals surface area contributed by atoms with Gasteiger partial charge in [0.1, 0.15) is 0 Å². The molecular weight excluding hydrogens is 286 g/mol. The Morgan fingerprint density at radius 3 is 2.29 bits per heavy atom. The van der Waals surface area contributed by atoms with E-state index < -0.39 is 10.2 Å². The average molecular weight is 322 g/mol. The molecule has 1 unspecified atom stereocenters. The number of nitrogens with zero attached hydrogens (tertiary/aromatic N) is 1. The van der Waals surface area contributed by atoms with Crippen molar-refractivity contribution in [2.45, 2.75) is 65.8 Å². The highest BCUT2D eigenvalue weighted by molar-refractivity contribution is 7.87. The van der Waals surface area contributed by atoms with E-state index >= 15 is 0 Å². The van der Waals surface area contributed by atoms with Crippen LogP contribution >= 0.6 is 0 Å². The molecule has 128 valence electrons. The van der Waals surface area contributed by atoms with E-state index in [9.17, 15) is 8.42 Å². The molecule has 0 spiro atoms. The van der Waals surface area contributed by atoms with Gasteiger partial charge in [-0.15, -0.1) is 0 Å². The van der Waals surface area contributed by atoms with Crippen LogP contribution in [0.3, 0.4) is 0 Å². The van der Waals surface area contributed by atoms with Crippen LogP contribution in [-0.2, 0) is 10.2 Å². The van der Waals surface area contributed by atoms with Crippen molar-refractivity contribution in [3.8, 4) is 0 Å². The summed E-state index contributed by atoms with van der Waals surface area (Å²) in [6, 6.07) is -0.00517. The SMILES string of the molecule is CCCNCCCN(C)S(=O)(=O)NC(C)CCCC(C)C. The second kappa shape index (κ2) is 11.4. The molecule has 2 N–H and O–H groups in total. The maximum absolute atomic E-state index is 12.2. The van der Waals surface area contributed by atoms with Crippen LogP contribution in [0.4, 0.5) is 0 Å². The van der Waals surface area contributed by atoms with Crippen LogP contribution in [0.1, 0.15) is 59.8 Å². The molecular formula is C15H35N3O2S. The van der Waals surface area contributed by atoms with Gasteiger partial charge < -0.3 is 5.32 Å². The molecule has 1 atom stereocenters. The molecule has 0 radical (unpaired) electrons. The van der Waals surface area contributed by atoms with Crippen molar-refractivity contribution in [2.75, 3.05) is 26.7 Å². The Bertz CT molecular complexity index is 345. The van der Waals surface area contributed by atoms with Crippen molar-refractivity contribution in [3.05, 3.63) is 0 Å². The van der Waals surface area contributed by atoms with Gasteiger partial charge in [0.05, 0.1) is 0 Å². The van der Waals surface area contributed by atoms with E-state index in [0.717, 1.165) is 45.2 Å². The summed E-state index contributed by atoms with van der Waals surface area (Å²) in [5, 5.41) is 3.28. The molecule has 0 fully saturated rings. The molecule has 0 aromatic carbocycles. The number of rotatable bonds is 13. The summed E-state index contributed by atoms with van der Waals surface area (Å²) in [5.74, 6) is 0.673. The van der Waals surface area contributed by atoms with Crippen LogP contribution in [0.15, 0.2) is 0 Å². The van der Waals surface area contributed by atoms with Gasteiger partial charge in [-0.2, -0.15) is 17.4 Å². The van der Waals surface area contributed by atoms with E-state index in [1.165, 1.54) is 4.31 Å². The molecule has 0 amide bonds. The Hall–Kier alpha value is -0.170. The maximum Gasteiger partial charge on any atom is 0.279 e. The van der Waals surface area contributed by atoms with E-state index in [4.69, 9.17) is 0 Å². The molecule has 0 rings (SSSR count). The molecule has 0 saturated carbocycles. The summed E-state index contributed by atoms with van der Waals surface area (Å²) in [5.41, 5.74) is 0. The lowest BCUT2D eigenvalue weighted by molar-refractivity contribution is 0.428. The minimum atomic E-state index is -3.35. The average Bonchev–Trinajstić information content (AvgIpc) is 2.37. The predicted octanol–water partition coefficient (Wildman–Crippen LogP) is 2.36. The van der Waals surface area contributed by atoms with E-state index in [1.54, 1.807) is 7.05 Å². The minimum Gasteiger partial charge on any atom is -0.317 e. The second-order valence-corrected chi connectivity index (χ2v) is 8.08. The van der Waals surface area contributed by atoms with Gasteiger partial charge in [-0.3, -0.25) is 0 Å². The molecule has 0 bridgehead atoms. The zero-order valence-corrected chi connectivity index (χ0v) is 15.3. The zero-order chi connectivity index (χ0) is 16.3. The van der Waals surface area contributed by atoms with Crippen molar-refractivity contribution in [2.24, 2.45) is 5.92 Å². The smallest absolute Gasteiger partial charge is 0.279 e. The fourth-order valence-corrected chi connectivity index (χ4v) is 3.26. The first-order valence-corrected chi connectivity index (χ1v) is 9.67. The minimum absolute atomic E-state index is 0.00517. The van der Waals surface area contributed by atoms with Gasteiger partial charge in [0.15, 0.2) is 0 Å². The van der Waals surface area contributed by atoms with Gasteiger partial charge >= 0.3 is 0 Å². The molecule has 21 heavy (non-hydrogen) atoms. The first-order chi connectivity index (χ1) is 9.79. The number of hydrogen-bond donors (Lipinski definition) is 2. The first kappa shape index (κ1) is 20.8. The first-order valence-electron chi connectivity index (χ1n) is 8.23. The van der Waals surface area contributed by atoms with E-state index in [1.807, 2.05) is 6.92 Å². The normalized spacial score (nSPS) is 14.0. The quantitative estimate of drug-likeness (QED) is 0.512. The largest absolute Gasteiger partial charge is 0.317 e. The van der Waals surface area contributed by atoms with Gasteiger partial charge in [-0.05, 0) is 45.2 Å². The third-order valence-corrected chi connectivity index (χ3v) is 5.14. The van der Waals surface area contributed by atoms with Crippen LogP contribution in [0.2, 0.25) is 0 Å². The lowest BCUT2D eigenvalue weighted by atomic mass is 10.0. The Balaban J connectivity index is 3.98.